The van der Waals surface area contributed by atoms with Gasteiger partial charge in [-0.1, -0.05) is 37.6 Å². The summed E-state index contributed by atoms with van der Waals surface area (Å²) in [6.45, 7) is 6.60. The largest absolute Gasteiger partial charge is 0.357 e. The van der Waals surface area contributed by atoms with Crippen LogP contribution >= 0.6 is 0 Å². The first-order valence-corrected chi connectivity index (χ1v) is 11.1. The summed E-state index contributed by atoms with van der Waals surface area (Å²) in [6.07, 6.45) is 5.10. The maximum Gasteiger partial charge on any atom is 0.215 e. The molecular formula is C19H32N4O2S. The van der Waals surface area contributed by atoms with Crippen molar-refractivity contribution in [3.63, 3.8) is 0 Å². The van der Waals surface area contributed by atoms with E-state index in [1.807, 2.05) is 24.3 Å². The van der Waals surface area contributed by atoms with Gasteiger partial charge < -0.3 is 10.6 Å². The Morgan fingerprint density at radius 1 is 1.19 bits per heavy atom. The quantitative estimate of drug-likeness (QED) is 0.454. The Hall–Kier alpha value is -1.60. The topological polar surface area (TPSA) is 82.6 Å². The Morgan fingerprint density at radius 3 is 2.50 bits per heavy atom. The number of benzene rings is 1. The third-order valence-corrected chi connectivity index (χ3v) is 6.55. The van der Waals surface area contributed by atoms with Crippen LogP contribution in [0, 0.1) is 5.41 Å². The van der Waals surface area contributed by atoms with E-state index in [4.69, 9.17) is 0 Å². The fraction of sp³-hybridized carbons (Fsp3) is 0.632. The SMILES string of the molecule is CCNC(=NCc1cccc(CS(=O)(=O)NC)c1)NCC1(CC)CCC1. The summed E-state index contributed by atoms with van der Waals surface area (Å²) in [6, 6.07) is 7.59. The van der Waals surface area contributed by atoms with Crippen LogP contribution in [0.25, 0.3) is 0 Å². The lowest BCUT2D eigenvalue weighted by atomic mass is 9.67. The number of hydrogen-bond donors (Lipinski definition) is 3. The second-order valence-electron chi connectivity index (χ2n) is 7.04. The second kappa shape index (κ2) is 9.37. The number of sulfonamides is 1. The summed E-state index contributed by atoms with van der Waals surface area (Å²) in [5, 5.41) is 6.77. The van der Waals surface area contributed by atoms with Crippen LogP contribution in [-0.4, -0.2) is 34.5 Å². The van der Waals surface area contributed by atoms with Gasteiger partial charge in [-0.05, 0) is 49.8 Å². The third-order valence-electron chi connectivity index (χ3n) is 5.22. The summed E-state index contributed by atoms with van der Waals surface area (Å²) in [7, 11) is -1.83. The molecule has 0 aromatic heterocycles. The molecule has 1 aliphatic rings. The van der Waals surface area contributed by atoms with Crippen molar-refractivity contribution in [3.8, 4) is 0 Å². The fourth-order valence-electron chi connectivity index (χ4n) is 3.22. The summed E-state index contributed by atoms with van der Waals surface area (Å²) in [5.74, 6) is 0.804. The highest BCUT2D eigenvalue weighted by Gasteiger charge is 2.34. The normalized spacial score (nSPS) is 16.8. The molecule has 26 heavy (non-hydrogen) atoms. The molecule has 0 aliphatic heterocycles. The molecule has 0 amide bonds. The minimum Gasteiger partial charge on any atom is -0.357 e. The van der Waals surface area contributed by atoms with Gasteiger partial charge in [0.1, 0.15) is 0 Å². The van der Waals surface area contributed by atoms with Crippen molar-refractivity contribution in [2.75, 3.05) is 20.1 Å². The van der Waals surface area contributed by atoms with Crippen molar-refractivity contribution in [1.82, 2.24) is 15.4 Å². The molecular weight excluding hydrogens is 348 g/mol. The molecule has 0 unspecified atom stereocenters. The Morgan fingerprint density at radius 2 is 1.92 bits per heavy atom. The number of guanidine groups is 1. The van der Waals surface area contributed by atoms with Crippen molar-refractivity contribution in [2.45, 2.75) is 51.8 Å². The zero-order chi connectivity index (χ0) is 19.0. The lowest BCUT2D eigenvalue weighted by Gasteiger charge is -2.41. The number of rotatable bonds is 9. The van der Waals surface area contributed by atoms with Gasteiger partial charge in [0.05, 0.1) is 12.3 Å². The molecule has 146 valence electrons. The summed E-state index contributed by atoms with van der Waals surface area (Å²) < 4.78 is 25.8. The molecule has 0 bridgehead atoms. The Balaban J connectivity index is 2.00. The van der Waals surface area contributed by atoms with Crippen molar-refractivity contribution >= 4 is 16.0 Å². The highest BCUT2D eigenvalue weighted by atomic mass is 32.2. The van der Waals surface area contributed by atoms with Crippen molar-refractivity contribution in [3.05, 3.63) is 35.4 Å². The molecule has 7 heteroatoms. The maximum atomic E-state index is 11.7. The fourth-order valence-corrected chi connectivity index (χ4v) is 3.99. The molecule has 0 heterocycles. The van der Waals surface area contributed by atoms with Crippen LogP contribution in [0.1, 0.15) is 50.7 Å². The molecule has 1 fully saturated rings. The number of nitrogens with one attached hydrogen (secondary N) is 3. The predicted octanol–water partition coefficient (Wildman–Crippen LogP) is 2.37. The third kappa shape index (κ3) is 5.99. The summed E-state index contributed by atoms with van der Waals surface area (Å²) >= 11 is 0. The number of hydrogen-bond acceptors (Lipinski definition) is 3. The summed E-state index contributed by atoms with van der Waals surface area (Å²) in [5.41, 5.74) is 2.20. The zero-order valence-corrected chi connectivity index (χ0v) is 17.0. The average molecular weight is 381 g/mol. The maximum absolute atomic E-state index is 11.7. The zero-order valence-electron chi connectivity index (χ0n) is 16.1. The van der Waals surface area contributed by atoms with Gasteiger partial charge in [-0.15, -0.1) is 0 Å². The van der Waals surface area contributed by atoms with E-state index in [0.717, 1.165) is 30.2 Å². The molecule has 2 rings (SSSR count). The first-order chi connectivity index (χ1) is 12.4. The predicted molar refractivity (Wildman–Crippen MR) is 108 cm³/mol. The van der Waals surface area contributed by atoms with Gasteiger partial charge in [-0.3, -0.25) is 0 Å². The first-order valence-electron chi connectivity index (χ1n) is 9.43. The molecule has 0 radical (unpaired) electrons. The van der Waals surface area contributed by atoms with Crippen LogP contribution in [0.2, 0.25) is 0 Å². The lowest BCUT2D eigenvalue weighted by Crippen LogP contribution is -2.46. The lowest BCUT2D eigenvalue weighted by molar-refractivity contribution is 0.131. The van der Waals surface area contributed by atoms with Crippen LogP contribution in [-0.2, 0) is 22.3 Å². The number of nitrogens with zero attached hydrogens (tertiary/aromatic N) is 1. The van der Waals surface area contributed by atoms with E-state index in [2.05, 4.69) is 34.2 Å². The van der Waals surface area contributed by atoms with Crippen molar-refractivity contribution in [1.29, 1.82) is 0 Å². The van der Waals surface area contributed by atoms with Gasteiger partial charge in [-0.25, -0.2) is 18.1 Å². The highest BCUT2D eigenvalue weighted by molar-refractivity contribution is 7.88. The van der Waals surface area contributed by atoms with Crippen LogP contribution in [0.4, 0.5) is 0 Å². The molecule has 0 saturated heterocycles. The number of aliphatic imine (C=N–C) groups is 1. The van der Waals surface area contributed by atoms with Crippen LogP contribution < -0.4 is 15.4 Å². The molecule has 1 aromatic carbocycles. The molecule has 0 atom stereocenters. The minimum absolute atomic E-state index is 0.0155. The van der Waals surface area contributed by atoms with Gasteiger partial charge in [-0.2, -0.15) is 0 Å². The van der Waals surface area contributed by atoms with Gasteiger partial charge in [0.25, 0.3) is 0 Å². The van der Waals surface area contributed by atoms with Crippen molar-refractivity contribution in [2.24, 2.45) is 10.4 Å². The van der Waals surface area contributed by atoms with Gasteiger partial charge >= 0.3 is 0 Å². The smallest absolute Gasteiger partial charge is 0.215 e. The Kier molecular flexibility index (Phi) is 7.46. The Bertz CT molecular complexity index is 706. The Labute approximate surface area is 157 Å². The molecule has 6 nitrogen and oxygen atoms in total. The van der Waals surface area contributed by atoms with Gasteiger partial charge in [0.2, 0.25) is 10.0 Å². The molecule has 3 N–H and O–H groups in total. The molecule has 1 aliphatic carbocycles. The van der Waals surface area contributed by atoms with Crippen LogP contribution in [0.3, 0.4) is 0 Å². The van der Waals surface area contributed by atoms with Gasteiger partial charge in [0.15, 0.2) is 5.96 Å². The van der Waals surface area contributed by atoms with E-state index in [1.165, 1.54) is 32.7 Å². The standard InChI is InChI=1S/C19H32N4O2S/c1-4-19(10-7-11-19)15-23-18(21-5-2)22-13-16-8-6-9-17(12-16)14-26(24,25)20-3/h6,8-9,12,20H,4-5,7,10-11,13-15H2,1-3H3,(H2,21,22,23). The van der Waals surface area contributed by atoms with Crippen LogP contribution in [0.15, 0.2) is 29.3 Å². The van der Waals surface area contributed by atoms with E-state index >= 15 is 0 Å². The molecule has 0 spiro atoms. The molecule has 1 saturated carbocycles. The van der Waals surface area contributed by atoms with E-state index in [9.17, 15) is 8.42 Å². The molecule has 1 aromatic rings. The minimum atomic E-state index is -3.26. The first kappa shape index (κ1) is 20.7. The van der Waals surface area contributed by atoms with Gasteiger partial charge in [0, 0.05) is 13.1 Å². The second-order valence-corrected chi connectivity index (χ2v) is 8.97. The highest BCUT2D eigenvalue weighted by Crippen LogP contribution is 2.42. The van der Waals surface area contributed by atoms with E-state index < -0.39 is 10.0 Å². The van der Waals surface area contributed by atoms with Crippen LogP contribution in [0.5, 0.6) is 0 Å². The summed E-state index contributed by atoms with van der Waals surface area (Å²) in [4.78, 5) is 4.67. The monoisotopic (exact) mass is 380 g/mol. The van der Waals surface area contributed by atoms with E-state index in [0.29, 0.717) is 12.0 Å². The van der Waals surface area contributed by atoms with Crippen molar-refractivity contribution < 1.29 is 8.42 Å². The van der Waals surface area contributed by atoms with E-state index in [1.54, 1.807) is 0 Å². The average Bonchev–Trinajstić information content (AvgIpc) is 2.59. The van der Waals surface area contributed by atoms with E-state index in [-0.39, 0.29) is 5.75 Å².